The minimum Gasteiger partial charge on any atom is -0.466 e. The Morgan fingerprint density at radius 2 is 2.11 bits per heavy atom. The van der Waals surface area contributed by atoms with Crippen LogP contribution >= 0.6 is 0 Å². The second-order valence-corrected chi connectivity index (χ2v) is 3.70. The van der Waals surface area contributed by atoms with Crippen LogP contribution in [0.4, 0.5) is 0 Å². The first-order chi connectivity index (χ1) is 8.65. The van der Waals surface area contributed by atoms with E-state index in [9.17, 15) is 4.79 Å². The molecule has 0 saturated heterocycles. The van der Waals surface area contributed by atoms with Crippen LogP contribution in [0.1, 0.15) is 19.3 Å². The van der Waals surface area contributed by atoms with E-state index in [1.807, 2.05) is 0 Å². The molecule has 0 aromatic carbocycles. The first kappa shape index (κ1) is 16.6. The summed E-state index contributed by atoms with van der Waals surface area (Å²) in [6, 6.07) is 0. The third kappa shape index (κ3) is 7.81. The zero-order valence-corrected chi connectivity index (χ0v) is 11.2. The summed E-state index contributed by atoms with van der Waals surface area (Å²) in [4.78, 5) is 10.8. The standard InChI is InChI=1S/C14H22O4/c1-5-12(2)13(18-11-16-3)9-7-6-8-10-14(15)17-4/h5,8,10,13H,1-2,6-7,9,11H2,3-4H3/b10-8+. The second kappa shape index (κ2) is 10.7. The van der Waals surface area contributed by atoms with Gasteiger partial charge in [-0.3, -0.25) is 0 Å². The van der Waals surface area contributed by atoms with Crippen LogP contribution in [0.5, 0.6) is 0 Å². The molecule has 1 atom stereocenters. The lowest BCUT2D eigenvalue weighted by Gasteiger charge is -2.17. The summed E-state index contributed by atoms with van der Waals surface area (Å²) < 4.78 is 14.8. The molecule has 4 nitrogen and oxygen atoms in total. The predicted octanol–water partition coefficient (Wildman–Crippen LogP) is 2.62. The topological polar surface area (TPSA) is 44.8 Å². The molecule has 0 amide bonds. The SMILES string of the molecule is C=CC(=C)C(CCC/C=C/C(=O)OC)OCOC. The monoisotopic (exact) mass is 254 g/mol. The van der Waals surface area contributed by atoms with Gasteiger partial charge in [-0.25, -0.2) is 4.79 Å². The van der Waals surface area contributed by atoms with Gasteiger partial charge < -0.3 is 14.2 Å². The Kier molecular flexibility index (Phi) is 9.91. The Morgan fingerprint density at radius 1 is 1.39 bits per heavy atom. The number of ether oxygens (including phenoxy) is 3. The van der Waals surface area contributed by atoms with Crippen LogP contribution in [0.15, 0.2) is 37.0 Å². The van der Waals surface area contributed by atoms with E-state index in [0.29, 0.717) is 0 Å². The number of carbonyl (C=O) groups is 1. The number of methoxy groups -OCH3 is 2. The lowest BCUT2D eigenvalue weighted by molar-refractivity contribution is -0.134. The number of hydrogen-bond donors (Lipinski definition) is 0. The molecular weight excluding hydrogens is 232 g/mol. The van der Waals surface area contributed by atoms with Crippen LogP contribution in [0.2, 0.25) is 0 Å². The number of rotatable bonds is 10. The zero-order valence-electron chi connectivity index (χ0n) is 11.2. The smallest absolute Gasteiger partial charge is 0.330 e. The zero-order chi connectivity index (χ0) is 13.8. The number of unbranched alkanes of at least 4 members (excludes halogenated alkanes) is 1. The maximum atomic E-state index is 10.8. The van der Waals surface area contributed by atoms with Crippen LogP contribution in [-0.2, 0) is 19.0 Å². The van der Waals surface area contributed by atoms with Crippen molar-refractivity contribution in [1.82, 2.24) is 0 Å². The Hall–Kier alpha value is -1.39. The molecule has 0 aliphatic heterocycles. The van der Waals surface area contributed by atoms with Gasteiger partial charge in [-0.05, 0) is 24.8 Å². The van der Waals surface area contributed by atoms with Crippen LogP contribution in [0.3, 0.4) is 0 Å². The maximum absolute atomic E-state index is 10.8. The summed E-state index contributed by atoms with van der Waals surface area (Å²) in [5.74, 6) is -0.335. The van der Waals surface area contributed by atoms with Gasteiger partial charge in [0.2, 0.25) is 0 Å². The average molecular weight is 254 g/mol. The van der Waals surface area contributed by atoms with Gasteiger partial charge in [-0.2, -0.15) is 0 Å². The fraction of sp³-hybridized carbons (Fsp3) is 0.500. The molecule has 0 aromatic heterocycles. The summed E-state index contributed by atoms with van der Waals surface area (Å²) in [7, 11) is 2.93. The maximum Gasteiger partial charge on any atom is 0.330 e. The molecule has 0 aliphatic rings. The Labute approximate surface area is 109 Å². The highest BCUT2D eigenvalue weighted by atomic mass is 16.7. The van der Waals surface area contributed by atoms with Gasteiger partial charge in [0.25, 0.3) is 0 Å². The van der Waals surface area contributed by atoms with Gasteiger partial charge in [0.15, 0.2) is 0 Å². The van der Waals surface area contributed by atoms with Crippen molar-refractivity contribution in [1.29, 1.82) is 0 Å². The van der Waals surface area contributed by atoms with E-state index in [4.69, 9.17) is 9.47 Å². The molecule has 0 N–H and O–H groups in total. The molecule has 0 aliphatic carbocycles. The van der Waals surface area contributed by atoms with Crippen molar-refractivity contribution in [2.45, 2.75) is 25.4 Å². The molecule has 0 rings (SSSR count). The molecule has 0 bridgehead atoms. The molecule has 0 spiro atoms. The van der Waals surface area contributed by atoms with Crippen molar-refractivity contribution in [3.05, 3.63) is 37.0 Å². The third-order valence-electron chi connectivity index (χ3n) is 2.36. The highest BCUT2D eigenvalue weighted by Crippen LogP contribution is 2.14. The average Bonchev–Trinajstić information content (AvgIpc) is 2.40. The van der Waals surface area contributed by atoms with E-state index in [1.165, 1.54) is 13.2 Å². The number of hydrogen-bond acceptors (Lipinski definition) is 4. The van der Waals surface area contributed by atoms with Crippen molar-refractivity contribution in [2.75, 3.05) is 21.0 Å². The fourth-order valence-corrected chi connectivity index (χ4v) is 1.33. The molecule has 0 heterocycles. The van der Waals surface area contributed by atoms with Crippen LogP contribution < -0.4 is 0 Å². The highest BCUT2D eigenvalue weighted by Gasteiger charge is 2.10. The summed E-state index contributed by atoms with van der Waals surface area (Å²) in [6.45, 7) is 7.78. The molecule has 0 fully saturated rings. The molecule has 18 heavy (non-hydrogen) atoms. The van der Waals surface area contributed by atoms with Crippen molar-refractivity contribution < 1.29 is 19.0 Å². The molecule has 0 radical (unpaired) electrons. The molecular formula is C14H22O4. The van der Waals surface area contributed by atoms with Crippen molar-refractivity contribution in [2.24, 2.45) is 0 Å². The second-order valence-electron chi connectivity index (χ2n) is 3.70. The molecule has 1 unspecified atom stereocenters. The Bertz CT molecular complexity index is 294. The number of carbonyl (C=O) groups excluding carboxylic acids is 1. The van der Waals surface area contributed by atoms with Gasteiger partial charge in [0.05, 0.1) is 13.2 Å². The van der Waals surface area contributed by atoms with Crippen LogP contribution in [-0.4, -0.2) is 33.1 Å². The lowest BCUT2D eigenvalue weighted by Crippen LogP contribution is -2.15. The first-order valence-corrected chi connectivity index (χ1v) is 5.82. The summed E-state index contributed by atoms with van der Waals surface area (Å²) in [5, 5.41) is 0. The number of esters is 1. The lowest BCUT2D eigenvalue weighted by atomic mass is 10.1. The minimum absolute atomic E-state index is 0.0889. The van der Waals surface area contributed by atoms with Crippen LogP contribution in [0.25, 0.3) is 0 Å². The van der Waals surface area contributed by atoms with Crippen LogP contribution in [0, 0.1) is 0 Å². The first-order valence-electron chi connectivity index (χ1n) is 5.82. The van der Waals surface area contributed by atoms with Crippen molar-refractivity contribution >= 4 is 5.97 Å². The van der Waals surface area contributed by atoms with Gasteiger partial charge >= 0.3 is 5.97 Å². The third-order valence-corrected chi connectivity index (χ3v) is 2.36. The Balaban J connectivity index is 3.96. The highest BCUT2D eigenvalue weighted by molar-refractivity contribution is 5.81. The predicted molar refractivity (Wildman–Crippen MR) is 71.1 cm³/mol. The van der Waals surface area contributed by atoms with Crippen molar-refractivity contribution in [3.63, 3.8) is 0 Å². The largest absolute Gasteiger partial charge is 0.466 e. The normalized spacial score (nSPS) is 12.3. The number of allylic oxidation sites excluding steroid dienone is 1. The van der Waals surface area contributed by atoms with Gasteiger partial charge in [-0.1, -0.05) is 25.3 Å². The Morgan fingerprint density at radius 3 is 2.67 bits per heavy atom. The minimum atomic E-state index is -0.335. The van der Waals surface area contributed by atoms with E-state index in [2.05, 4.69) is 17.9 Å². The van der Waals surface area contributed by atoms with Gasteiger partial charge in [-0.15, -0.1) is 0 Å². The summed E-state index contributed by atoms with van der Waals surface area (Å²) in [6.07, 6.45) is 7.28. The van der Waals surface area contributed by atoms with E-state index in [0.717, 1.165) is 24.8 Å². The van der Waals surface area contributed by atoms with Gasteiger partial charge in [0, 0.05) is 13.2 Å². The molecule has 0 saturated carbocycles. The molecule has 4 heteroatoms. The fourth-order valence-electron chi connectivity index (χ4n) is 1.33. The molecule has 0 aromatic rings. The summed E-state index contributed by atoms with van der Waals surface area (Å²) in [5.41, 5.74) is 0.837. The van der Waals surface area contributed by atoms with E-state index in [-0.39, 0.29) is 18.9 Å². The molecule has 102 valence electrons. The quantitative estimate of drug-likeness (QED) is 0.198. The van der Waals surface area contributed by atoms with E-state index >= 15 is 0 Å². The van der Waals surface area contributed by atoms with Gasteiger partial charge in [0.1, 0.15) is 6.79 Å². The summed E-state index contributed by atoms with van der Waals surface area (Å²) >= 11 is 0. The van der Waals surface area contributed by atoms with Crippen molar-refractivity contribution in [3.8, 4) is 0 Å². The van der Waals surface area contributed by atoms with E-state index in [1.54, 1.807) is 19.3 Å². The van der Waals surface area contributed by atoms with E-state index < -0.39 is 0 Å².